The number of benzene rings is 2. The smallest absolute Gasteiger partial charge is 0.255 e. The van der Waals surface area contributed by atoms with E-state index in [0.717, 1.165) is 13.1 Å². The van der Waals surface area contributed by atoms with Crippen molar-refractivity contribution >= 4 is 39.1 Å². The van der Waals surface area contributed by atoms with Gasteiger partial charge in [-0.05, 0) is 53.5 Å². The maximum Gasteiger partial charge on any atom is 0.255 e. The summed E-state index contributed by atoms with van der Waals surface area (Å²) in [5.41, 5.74) is 3.88. The lowest BCUT2D eigenvalue weighted by molar-refractivity contribution is 0.0746. The second-order valence-electron chi connectivity index (χ2n) is 6.32. The van der Waals surface area contributed by atoms with E-state index in [-0.39, 0.29) is 21.0 Å². The van der Waals surface area contributed by atoms with Gasteiger partial charge >= 0.3 is 0 Å². The van der Waals surface area contributed by atoms with Crippen LogP contribution in [0.15, 0.2) is 34.8 Å². The zero-order chi connectivity index (χ0) is 18.1. The fourth-order valence-electron chi connectivity index (χ4n) is 3.17. The molecule has 0 radical (unpaired) electrons. The van der Waals surface area contributed by atoms with Gasteiger partial charge in [-0.25, -0.2) is 4.39 Å². The minimum absolute atomic E-state index is 0.210. The lowest BCUT2D eigenvalue weighted by Gasteiger charge is -2.37. The van der Waals surface area contributed by atoms with Crippen molar-refractivity contribution < 1.29 is 9.18 Å². The molecule has 0 aliphatic carbocycles. The van der Waals surface area contributed by atoms with E-state index in [1.165, 1.54) is 28.9 Å². The first-order valence-electron chi connectivity index (χ1n) is 8.13. The van der Waals surface area contributed by atoms with Gasteiger partial charge in [0.2, 0.25) is 0 Å². The highest BCUT2D eigenvalue weighted by molar-refractivity contribution is 9.10. The van der Waals surface area contributed by atoms with Crippen LogP contribution in [0.25, 0.3) is 0 Å². The topological polar surface area (TPSA) is 23.6 Å². The molecule has 1 aliphatic heterocycles. The summed E-state index contributed by atoms with van der Waals surface area (Å²) in [4.78, 5) is 16.7. The van der Waals surface area contributed by atoms with Gasteiger partial charge in [0.1, 0.15) is 5.82 Å². The minimum atomic E-state index is -0.485. The Morgan fingerprint density at radius 3 is 2.44 bits per heavy atom. The molecule has 3 nitrogen and oxygen atoms in total. The van der Waals surface area contributed by atoms with Gasteiger partial charge in [0.15, 0.2) is 0 Å². The van der Waals surface area contributed by atoms with Gasteiger partial charge in [-0.1, -0.05) is 29.3 Å². The summed E-state index contributed by atoms with van der Waals surface area (Å²) < 4.78 is 14.0. The Hall–Kier alpha value is -1.59. The Balaban J connectivity index is 1.72. The number of aryl methyl sites for hydroxylation is 2. The van der Waals surface area contributed by atoms with Crippen molar-refractivity contribution in [2.24, 2.45) is 0 Å². The van der Waals surface area contributed by atoms with Gasteiger partial charge in [-0.3, -0.25) is 4.79 Å². The number of halogens is 3. The number of amides is 1. The van der Waals surface area contributed by atoms with Gasteiger partial charge in [0.05, 0.1) is 15.1 Å². The third-order valence-corrected chi connectivity index (χ3v) is 5.42. The van der Waals surface area contributed by atoms with E-state index in [1.54, 1.807) is 4.90 Å². The number of hydrogen-bond donors (Lipinski definition) is 0. The molecule has 0 atom stereocenters. The summed E-state index contributed by atoms with van der Waals surface area (Å²) in [6, 6.07) is 9.02. The van der Waals surface area contributed by atoms with Crippen molar-refractivity contribution in [2.45, 2.75) is 13.8 Å². The van der Waals surface area contributed by atoms with Crippen LogP contribution in [-0.2, 0) is 0 Å². The Labute approximate surface area is 160 Å². The Bertz CT molecular complexity index is 819. The van der Waals surface area contributed by atoms with Crippen LogP contribution in [0.2, 0.25) is 5.02 Å². The number of rotatable bonds is 2. The van der Waals surface area contributed by atoms with E-state index in [2.05, 4.69) is 52.9 Å². The summed E-state index contributed by atoms with van der Waals surface area (Å²) in [5.74, 6) is -0.710. The zero-order valence-corrected chi connectivity index (χ0v) is 16.5. The minimum Gasteiger partial charge on any atom is -0.368 e. The molecule has 0 aromatic heterocycles. The summed E-state index contributed by atoms with van der Waals surface area (Å²) in [7, 11) is 0. The van der Waals surface area contributed by atoms with Crippen LogP contribution in [-0.4, -0.2) is 37.0 Å². The predicted octanol–water partition coefficient (Wildman–Crippen LogP) is 4.82. The fraction of sp³-hybridized carbons (Fsp3) is 0.316. The maximum atomic E-state index is 13.8. The summed E-state index contributed by atoms with van der Waals surface area (Å²) >= 11 is 9.20. The molecule has 132 valence electrons. The van der Waals surface area contributed by atoms with Gasteiger partial charge in [0.25, 0.3) is 5.91 Å². The van der Waals surface area contributed by atoms with Crippen LogP contribution < -0.4 is 4.90 Å². The Kier molecular flexibility index (Phi) is 5.35. The molecule has 1 saturated heterocycles. The van der Waals surface area contributed by atoms with Crippen molar-refractivity contribution in [3.8, 4) is 0 Å². The van der Waals surface area contributed by atoms with Crippen LogP contribution in [0.3, 0.4) is 0 Å². The molecule has 0 saturated carbocycles. The van der Waals surface area contributed by atoms with Crippen molar-refractivity contribution in [1.82, 2.24) is 4.90 Å². The molecule has 0 unspecified atom stereocenters. The number of anilines is 1. The molecule has 1 fully saturated rings. The first-order valence-corrected chi connectivity index (χ1v) is 9.30. The number of hydrogen-bond acceptors (Lipinski definition) is 2. The third-order valence-electron chi connectivity index (χ3n) is 4.50. The van der Waals surface area contributed by atoms with Gasteiger partial charge in [0, 0.05) is 31.9 Å². The molecular weight excluding hydrogens is 407 g/mol. The number of piperazine rings is 1. The zero-order valence-electron chi connectivity index (χ0n) is 14.2. The molecule has 1 aliphatic rings. The molecular formula is C19H19BrClFN2O. The highest BCUT2D eigenvalue weighted by Gasteiger charge is 2.25. The highest BCUT2D eigenvalue weighted by Crippen LogP contribution is 2.27. The quantitative estimate of drug-likeness (QED) is 0.644. The highest BCUT2D eigenvalue weighted by atomic mass is 79.9. The third kappa shape index (κ3) is 3.82. The van der Waals surface area contributed by atoms with Crippen molar-refractivity contribution in [1.29, 1.82) is 0 Å². The number of carbonyl (C=O) groups is 1. The Morgan fingerprint density at radius 1 is 1.12 bits per heavy atom. The van der Waals surface area contributed by atoms with Gasteiger partial charge < -0.3 is 9.80 Å². The first kappa shape index (κ1) is 18.2. The largest absolute Gasteiger partial charge is 0.368 e. The molecule has 2 aromatic rings. The van der Waals surface area contributed by atoms with E-state index < -0.39 is 5.82 Å². The SMILES string of the molecule is Cc1ccc(N2CCN(C(=O)c3cc(F)c(Br)cc3Cl)CC2)c(C)c1. The number of nitrogens with zero attached hydrogens (tertiary/aromatic N) is 2. The number of carbonyl (C=O) groups excluding carboxylic acids is 1. The predicted molar refractivity (Wildman–Crippen MR) is 103 cm³/mol. The summed E-state index contributed by atoms with van der Waals surface area (Å²) in [5, 5.41) is 0.259. The standard InChI is InChI=1S/C19H19BrClFN2O/c1-12-3-4-18(13(2)9-12)23-5-7-24(8-6-23)19(25)14-10-17(22)15(20)11-16(14)21/h3-4,9-11H,5-8H2,1-2H3. The van der Waals surface area contributed by atoms with Crippen LogP contribution in [0, 0.1) is 19.7 Å². The second kappa shape index (κ2) is 7.34. The van der Waals surface area contributed by atoms with E-state index in [1.807, 2.05) is 0 Å². The van der Waals surface area contributed by atoms with Crippen molar-refractivity contribution in [2.75, 3.05) is 31.1 Å². The van der Waals surface area contributed by atoms with Crippen molar-refractivity contribution in [3.05, 3.63) is 62.3 Å². The molecule has 0 spiro atoms. The van der Waals surface area contributed by atoms with Crippen LogP contribution in [0.1, 0.15) is 21.5 Å². The molecule has 0 bridgehead atoms. The molecule has 25 heavy (non-hydrogen) atoms. The van der Waals surface area contributed by atoms with Crippen LogP contribution >= 0.6 is 27.5 Å². The lowest BCUT2D eigenvalue weighted by atomic mass is 10.1. The molecule has 1 amide bonds. The monoisotopic (exact) mass is 424 g/mol. The maximum absolute atomic E-state index is 13.8. The first-order chi connectivity index (χ1) is 11.9. The summed E-state index contributed by atoms with van der Waals surface area (Å²) in [6.45, 7) is 6.83. The van der Waals surface area contributed by atoms with Gasteiger partial charge in [-0.15, -0.1) is 0 Å². The van der Waals surface area contributed by atoms with E-state index >= 15 is 0 Å². The second-order valence-corrected chi connectivity index (χ2v) is 7.58. The van der Waals surface area contributed by atoms with Gasteiger partial charge in [-0.2, -0.15) is 0 Å². The molecule has 2 aromatic carbocycles. The fourth-order valence-corrected chi connectivity index (χ4v) is 3.89. The molecule has 0 N–H and O–H groups in total. The molecule has 6 heteroatoms. The van der Waals surface area contributed by atoms with E-state index in [4.69, 9.17) is 11.6 Å². The molecule has 3 rings (SSSR count). The van der Waals surface area contributed by atoms with Crippen LogP contribution in [0.5, 0.6) is 0 Å². The Morgan fingerprint density at radius 2 is 1.80 bits per heavy atom. The van der Waals surface area contributed by atoms with E-state index in [9.17, 15) is 9.18 Å². The summed E-state index contributed by atoms with van der Waals surface area (Å²) in [6.07, 6.45) is 0. The van der Waals surface area contributed by atoms with E-state index in [0.29, 0.717) is 13.1 Å². The van der Waals surface area contributed by atoms with Crippen molar-refractivity contribution in [3.63, 3.8) is 0 Å². The average molecular weight is 426 g/mol. The van der Waals surface area contributed by atoms with Crippen LogP contribution in [0.4, 0.5) is 10.1 Å². The molecule has 1 heterocycles. The lowest BCUT2D eigenvalue weighted by Crippen LogP contribution is -2.49. The normalized spacial score (nSPS) is 14.8. The average Bonchev–Trinajstić information content (AvgIpc) is 2.58.